The summed E-state index contributed by atoms with van der Waals surface area (Å²) in [7, 11) is 0. The second kappa shape index (κ2) is 6.46. The molecule has 2 aliphatic rings. The normalized spacial score (nSPS) is 22.9. The summed E-state index contributed by atoms with van der Waals surface area (Å²) in [5.74, 6) is -1.85. The number of nitrogens with two attached hydrogens (primary N) is 1. The van der Waals surface area contributed by atoms with Gasteiger partial charge >= 0.3 is 11.9 Å². The number of rotatable bonds is 5. The first-order valence-electron chi connectivity index (χ1n) is 6.88. The number of aromatic nitrogens is 1. The van der Waals surface area contributed by atoms with Crippen molar-refractivity contribution in [1.82, 2.24) is 9.88 Å². The second-order valence-electron chi connectivity index (χ2n) is 5.17. The van der Waals surface area contributed by atoms with Gasteiger partial charge in [-0.2, -0.15) is 0 Å². The Hall–Kier alpha value is -2.04. The molecule has 1 aromatic rings. The van der Waals surface area contributed by atoms with Crippen molar-refractivity contribution in [3.8, 4) is 0 Å². The lowest BCUT2D eigenvalue weighted by atomic mass is 10.0. The molecule has 0 radical (unpaired) electrons. The highest BCUT2D eigenvalue weighted by molar-refractivity contribution is 8.01. The van der Waals surface area contributed by atoms with Crippen molar-refractivity contribution in [3.05, 3.63) is 35.2 Å². The summed E-state index contributed by atoms with van der Waals surface area (Å²) in [6.07, 6.45) is 1.39. The third kappa shape index (κ3) is 2.87. The van der Waals surface area contributed by atoms with E-state index in [1.807, 2.05) is 0 Å². The van der Waals surface area contributed by atoms with E-state index in [0.717, 1.165) is 0 Å². The number of β-lactam (4-membered cyclic amide) rings is 1. The highest BCUT2D eigenvalue weighted by Crippen LogP contribution is 2.40. The Morgan fingerprint density at radius 3 is 2.83 bits per heavy atom. The number of nitrogens with zero attached hydrogens (tertiary/aromatic N) is 2. The summed E-state index contributed by atoms with van der Waals surface area (Å²) in [6, 6.07) is 2.15. The molecule has 2 atom stereocenters. The third-order valence-electron chi connectivity index (χ3n) is 3.67. The average Bonchev–Trinajstić information content (AvgIpc) is 2.58. The van der Waals surface area contributed by atoms with Crippen molar-refractivity contribution in [2.75, 3.05) is 11.5 Å². The van der Waals surface area contributed by atoms with Gasteiger partial charge in [-0.3, -0.25) is 9.69 Å². The molecule has 1 amide bonds. The van der Waals surface area contributed by atoms with Gasteiger partial charge in [-0.15, -0.1) is 23.5 Å². The lowest BCUT2D eigenvalue weighted by Crippen LogP contribution is -2.68. The lowest BCUT2D eigenvalue weighted by Gasteiger charge is -2.48. The zero-order chi connectivity index (χ0) is 17.4. The Bertz CT molecular complexity index is 767. The van der Waals surface area contributed by atoms with Crippen LogP contribution in [0.1, 0.15) is 10.4 Å². The zero-order valence-corrected chi connectivity index (χ0v) is 13.8. The Labute approximate surface area is 145 Å². The average molecular weight is 367 g/mol. The van der Waals surface area contributed by atoms with E-state index in [0.29, 0.717) is 22.1 Å². The number of aliphatic carboxylic acids is 1. The fourth-order valence-corrected chi connectivity index (χ4v) is 4.80. The van der Waals surface area contributed by atoms with Gasteiger partial charge < -0.3 is 15.9 Å². The van der Waals surface area contributed by atoms with Crippen LogP contribution in [0.3, 0.4) is 0 Å². The molecule has 0 aromatic carbocycles. The van der Waals surface area contributed by atoms with Crippen LogP contribution in [0.5, 0.6) is 0 Å². The molecular formula is C14H13N3O5S2. The molecule has 1 aromatic heterocycles. The van der Waals surface area contributed by atoms with Crippen LogP contribution in [0, 0.1) is 0 Å². The molecule has 10 heteroatoms. The second-order valence-corrected chi connectivity index (χ2v) is 7.27. The molecule has 4 N–H and O–H groups in total. The Kier molecular flexibility index (Phi) is 4.52. The lowest BCUT2D eigenvalue weighted by molar-refractivity contribution is -0.147. The largest absolute Gasteiger partial charge is 0.478 e. The molecule has 0 spiro atoms. The van der Waals surface area contributed by atoms with Gasteiger partial charge in [0.2, 0.25) is 5.91 Å². The molecule has 1 fully saturated rings. The van der Waals surface area contributed by atoms with Crippen molar-refractivity contribution in [1.29, 1.82) is 0 Å². The molecule has 1 saturated heterocycles. The summed E-state index contributed by atoms with van der Waals surface area (Å²) >= 11 is 2.66. The monoisotopic (exact) mass is 367 g/mol. The topological polar surface area (TPSA) is 134 Å². The number of carbonyl (C=O) groups excluding carboxylic acids is 1. The summed E-state index contributed by atoms with van der Waals surface area (Å²) < 4.78 is 0. The fraction of sp³-hybridized carbons (Fsp3) is 0.286. The number of aromatic carboxylic acids is 1. The van der Waals surface area contributed by atoms with Gasteiger partial charge in [0, 0.05) is 17.7 Å². The fourth-order valence-electron chi connectivity index (χ4n) is 2.47. The van der Waals surface area contributed by atoms with E-state index in [2.05, 4.69) is 4.98 Å². The molecule has 0 aliphatic carbocycles. The van der Waals surface area contributed by atoms with Crippen molar-refractivity contribution in [2.24, 2.45) is 5.73 Å². The molecule has 0 saturated carbocycles. The van der Waals surface area contributed by atoms with Gasteiger partial charge in [-0.25, -0.2) is 14.6 Å². The van der Waals surface area contributed by atoms with E-state index in [9.17, 15) is 19.5 Å². The summed E-state index contributed by atoms with van der Waals surface area (Å²) in [6.45, 7) is 0. The number of fused-ring (bicyclic) bond motifs is 1. The van der Waals surface area contributed by atoms with Crippen LogP contribution in [0.15, 0.2) is 34.6 Å². The van der Waals surface area contributed by atoms with Crippen LogP contribution >= 0.6 is 23.5 Å². The number of carboxylic acid groups (broad SMARTS) is 2. The quantitative estimate of drug-likeness (QED) is 0.501. The Balaban J connectivity index is 1.80. The van der Waals surface area contributed by atoms with Gasteiger partial charge in [0.05, 0.1) is 10.6 Å². The van der Waals surface area contributed by atoms with Crippen LogP contribution in [-0.4, -0.2) is 60.9 Å². The van der Waals surface area contributed by atoms with Crippen LogP contribution in [0.4, 0.5) is 0 Å². The molecule has 126 valence electrons. The first-order chi connectivity index (χ1) is 11.4. The van der Waals surface area contributed by atoms with E-state index in [-0.39, 0.29) is 16.6 Å². The smallest absolute Gasteiger partial charge is 0.352 e. The number of thioether (sulfide) groups is 2. The number of carboxylic acids is 2. The maximum Gasteiger partial charge on any atom is 0.352 e. The molecule has 0 bridgehead atoms. The first kappa shape index (κ1) is 16.8. The molecule has 24 heavy (non-hydrogen) atoms. The van der Waals surface area contributed by atoms with Crippen LogP contribution < -0.4 is 5.73 Å². The molecule has 3 rings (SSSR count). The predicted molar refractivity (Wildman–Crippen MR) is 87.6 cm³/mol. The van der Waals surface area contributed by atoms with E-state index in [1.165, 1.54) is 46.8 Å². The minimum atomic E-state index is -1.16. The Morgan fingerprint density at radius 1 is 1.42 bits per heavy atom. The number of hydrogen-bond acceptors (Lipinski definition) is 7. The molecule has 1 unspecified atom stereocenters. The SMILES string of the molecule is NC1C(=O)N2C(C(=O)O)=C(CSc3cc(C(=O)O)ccn3)CS[C@@H]12. The van der Waals surface area contributed by atoms with Crippen LogP contribution in [0.25, 0.3) is 0 Å². The van der Waals surface area contributed by atoms with Gasteiger partial charge in [0.25, 0.3) is 0 Å². The molecule has 8 nitrogen and oxygen atoms in total. The number of amides is 1. The highest BCUT2D eigenvalue weighted by Gasteiger charge is 2.51. The van der Waals surface area contributed by atoms with E-state index < -0.39 is 23.9 Å². The van der Waals surface area contributed by atoms with E-state index in [4.69, 9.17) is 10.8 Å². The van der Waals surface area contributed by atoms with Crippen molar-refractivity contribution >= 4 is 41.4 Å². The maximum absolute atomic E-state index is 11.9. The molecule has 2 aliphatic heterocycles. The van der Waals surface area contributed by atoms with Crippen molar-refractivity contribution < 1.29 is 24.6 Å². The minimum absolute atomic E-state index is 0.0210. The Morgan fingerprint density at radius 2 is 2.17 bits per heavy atom. The first-order valence-corrected chi connectivity index (χ1v) is 8.91. The van der Waals surface area contributed by atoms with Gasteiger partial charge in [-0.05, 0) is 17.7 Å². The van der Waals surface area contributed by atoms with E-state index >= 15 is 0 Å². The summed E-state index contributed by atoms with van der Waals surface area (Å²) in [4.78, 5) is 39.7. The van der Waals surface area contributed by atoms with Gasteiger partial charge in [0.15, 0.2) is 0 Å². The third-order valence-corrected chi connectivity index (χ3v) is 6.04. The van der Waals surface area contributed by atoms with E-state index in [1.54, 1.807) is 0 Å². The summed E-state index contributed by atoms with van der Waals surface area (Å²) in [5.41, 5.74) is 6.38. The van der Waals surface area contributed by atoms with Crippen LogP contribution in [0.2, 0.25) is 0 Å². The van der Waals surface area contributed by atoms with Gasteiger partial charge in [-0.1, -0.05) is 0 Å². The van der Waals surface area contributed by atoms with Gasteiger partial charge in [0.1, 0.15) is 17.1 Å². The van der Waals surface area contributed by atoms with Crippen molar-refractivity contribution in [2.45, 2.75) is 16.4 Å². The number of hydrogen-bond donors (Lipinski definition) is 3. The minimum Gasteiger partial charge on any atom is -0.478 e. The maximum atomic E-state index is 11.9. The summed E-state index contributed by atoms with van der Waals surface area (Å²) in [5, 5.41) is 18.6. The number of carbonyl (C=O) groups is 3. The highest BCUT2D eigenvalue weighted by atomic mass is 32.2. The van der Waals surface area contributed by atoms with Crippen LogP contribution in [-0.2, 0) is 9.59 Å². The predicted octanol–water partition coefficient (Wildman–Crippen LogP) is 0.453. The molecular weight excluding hydrogens is 354 g/mol. The standard InChI is InChI=1S/C14H13N3O5S2/c15-9-11(18)17-10(14(21)22)7(5-24-12(9)17)4-23-8-3-6(13(19)20)1-2-16-8/h1-3,9,12H,4-5,15H2,(H,19,20)(H,21,22)/t9?,12-/m0/s1. The molecule has 3 heterocycles. The zero-order valence-electron chi connectivity index (χ0n) is 12.2. The van der Waals surface area contributed by atoms with Crippen molar-refractivity contribution in [3.63, 3.8) is 0 Å². The number of pyridine rings is 1.